The van der Waals surface area contributed by atoms with Gasteiger partial charge >= 0.3 is 0 Å². The molecule has 2 aromatic rings. The normalized spacial score (nSPS) is 12.3. The fourth-order valence-electron chi connectivity index (χ4n) is 2.93. The summed E-state index contributed by atoms with van der Waals surface area (Å²) in [7, 11) is 1.76. The van der Waals surface area contributed by atoms with E-state index in [-0.39, 0.29) is 17.2 Å². The summed E-state index contributed by atoms with van der Waals surface area (Å²) in [6.45, 7) is 5.04. The maximum atomic E-state index is 13.1. The minimum absolute atomic E-state index is 0.121. The molecule has 0 saturated heterocycles. The predicted octanol–water partition coefficient (Wildman–Crippen LogP) is 2.47. The first-order valence-electron chi connectivity index (χ1n) is 9.17. The molecule has 27 heavy (non-hydrogen) atoms. The third kappa shape index (κ3) is 6.22. The molecule has 1 unspecified atom stereocenters. The maximum absolute atomic E-state index is 13.1. The van der Waals surface area contributed by atoms with Crippen molar-refractivity contribution < 1.29 is 9.59 Å². The van der Waals surface area contributed by atoms with Crippen LogP contribution in [0.1, 0.15) is 29.8 Å². The van der Waals surface area contributed by atoms with Gasteiger partial charge in [-0.3, -0.25) is 9.59 Å². The Labute approximate surface area is 161 Å². The zero-order chi connectivity index (χ0) is 19.9. The molecular formula is C22H29N3O2. The molecule has 0 bridgehead atoms. The van der Waals surface area contributed by atoms with Gasteiger partial charge in [0.25, 0.3) is 5.91 Å². The van der Waals surface area contributed by atoms with Gasteiger partial charge in [-0.1, -0.05) is 62.4 Å². The Morgan fingerprint density at radius 1 is 1.04 bits per heavy atom. The number of rotatable bonds is 8. The standard InChI is InChI=1S/C22H29N3O2/c1-22(2,15-23)16-25(3)21(27)19(14-17-10-6-4-7-11-17)24-20(26)18-12-8-5-9-13-18/h4-13,19H,14-16,23H2,1-3H3,(H,24,26). The second-order valence-electron chi connectivity index (χ2n) is 7.64. The number of likely N-dealkylation sites (N-methyl/N-ethyl adjacent to an activating group) is 1. The number of hydrogen-bond acceptors (Lipinski definition) is 3. The van der Waals surface area contributed by atoms with E-state index < -0.39 is 6.04 Å². The van der Waals surface area contributed by atoms with Crippen LogP contribution in [0.2, 0.25) is 0 Å². The summed E-state index contributed by atoms with van der Waals surface area (Å²) in [4.78, 5) is 27.3. The first-order chi connectivity index (χ1) is 12.8. The molecule has 0 aromatic heterocycles. The van der Waals surface area contributed by atoms with Gasteiger partial charge in [-0.2, -0.15) is 0 Å². The van der Waals surface area contributed by atoms with Crippen LogP contribution in [-0.2, 0) is 11.2 Å². The number of benzene rings is 2. The maximum Gasteiger partial charge on any atom is 0.251 e. The van der Waals surface area contributed by atoms with Crippen LogP contribution in [0, 0.1) is 5.41 Å². The summed E-state index contributed by atoms with van der Waals surface area (Å²) in [6, 6.07) is 18.0. The average Bonchev–Trinajstić information content (AvgIpc) is 2.68. The Morgan fingerprint density at radius 2 is 1.59 bits per heavy atom. The zero-order valence-corrected chi connectivity index (χ0v) is 16.3. The van der Waals surface area contributed by atoms with Crippen molar-refractivity contribution in [2.24, 2.45) is 11.1 Å². The average molecular weight is 367 g/mol. The molecule has 5 heteroatoms. The highest BCUT2D eigenvalue weighted by Gasteiger charge is 2.28. The van der Waals surface area contributed by atoms with Gasteiger partial charge in [0.1, 0.15) is 6.04 Å². The molecule has 0 fully saturated rings. The molecule has 0 spiro atoms. The van der Waals surface area contributed by atoms with Crippen molar-refractivity contribution in [2.75, 3.05) is 20.1 Å². The van der Waals surface area contributed by atoms with Crippen LogP contribution in [0.5, 0.6) is 0 Å². The van der Waals surface area contributed by atoms with Crippen molar-refractivity contribution in [2.45, 2.75) is 26.3 Å². The molecule has 0 aliphatic heterocycles. The molecule has 2 rings (SSSR count). The molecule has 0 saturated carbocycles. The van der Waals surface area contributed by atoms with Crippen LogP contribution in [0.25, 0.3) is 0 Å². The summed E-state index contributed by atoms with van der Waals surface area (Å²) >= 11 is 0. The van der Waals surface area contributed by atoms with Crippen LogP contribution in [0.3, 0.4) is 0 Å². The number of carbonyl (C=O) groups excluding carboxylic acids is 2. The van der Waals surface area contributed by atoms with Gasteiger partial charge in [0.2, 0.25) is 5.91 Å². The molecule has 0 radical (unpaired) electrons. The molecule has 2 amide bonds. The first-order valence-corrected chi connectivity index (χ1v) is 9.17. The fourth-order valence-corrected chi connectivity index (χ4v) is 2.93. The molecule has 0 aliphatic rings. The smallest absolute Gasteiger partial charge is 0.251 e. The van der Waals surface area contributed by atoms with Gasteiger partial charge in [-0.15, -0.1) is 0 Å². The van der Waals surface area contributed by atoms with Crippen molar-refractivity contribution in [3.8, 4) is 0 Å². The van der Waals surface area contributed by atoms with Crippen LogP contribution in [-0.4, -0.2) is 42.9 Å². The summed E-state index contributed by atoms with van der Waals surface area (Å²) in [5.41, 5.74) is 7.15. The van der Waals surface area contributed by atoms with E-state index in [1.807, 2.05) is 50.2 Å². The van der Waals surface area contributed by atoms with Crippen LogP contribution >= 0.6 is 0 Å². The lowest BCUT2D eigenvalue weighted by Gasteiger charge is -2.31. The van der Waals surface area contributed by atoms with E-state index in [4.69, 9.17) is 5.73 Å². The highest BCUT2D eigenvalue weighted by molar-refractivity contribution is 5.97. The molecule has 3 N–H and O–H groups in total. The van der Waals surface area contributed by atoms with Gasteiger partial charge in [-0.25, -0.2) is 0 Å². The lowest BCUT2D eigenvalue weighted by molar-refractivity contribution is -0.133. The number of nitrogens with one attached hydrogen (secondary N) is 1. The number of nitrogens with two attached hydrogens (primary N) is 1. The van der Waals surface area contributed by atoms with Gasteiger partial charge < -0.3 is 16.0 Å². The summed E-state index contributed by atoms with van der Waals surface area (Å²) in [5, 5.41) is 2.90. The van der Waals surface area contributed by atoms with E-state index in [1.54, 1.807) is 36.2 Å². The molecule has 2 aromatic carbocycles. The van der Waals surface area contributed by atoms with Gasteiger partial charge in [-0.05, 0) is 29.7 Å². The SMILES string of the molecule is CN(CC(C)(C)CN)C(=O)C(Cc1ccccc1)NC(=O)c1ccccc1. The van der Waals surface area contributed by atoms with Crippen LogP contribution < -0.4 is 11.1 Å². The molecule has 1 atom stereocenters. The van der Waals surface area contributed by atoms with Crippen molar-refractivity contribution in [3.05, 3.63) is 71.8 Å². The second-order valence-corrected chi connectivity index (χ2v) is 7.64. The predicted molar refractivity (Wildman–Crippen MR) is 108 cm³/mol. The Bertz CT molecular complexity index is 745. The molecule has 0 aliphatic carbocycles. The highest BCUT2D eigenvalue weighted by atomic mass is 16.2. The van der Waals surface area contributed by atoms with E-state index in [0.717, 1.165) is 5.56 Å². The largest absolute Gasteiger partial charge is 0.343 e. The van der Waals surface area contributed by atoms with Gasteiger partial charge in [0.05, 0.1) is 0 Å². The van der Waals surface area contributed by atoms with E-state index in [0.29, 0.717) is 25.1 Å². The van der Waals surface area contributed by atoms with Crippen molar-refractivity contribution in [1.82, 2.24) is 10.2 Å². The lowest BCUT2D eigenvalue weighted by atomic mass is 9.93. The number of carbonyl (C=O) groups is 2. The minimum Gasteiger partial charge on any atom is -0.343 e. The van der Waals surface area contributed by atoms with Crippen molar-refractivity contribution in [1.29, 1.82) is 0 Å². The Morgan fingerprint density at radius 3 is 2.15 bits per heavy atom. The molecule has 0 heterocycles. The quantitative estimate of drug-likeness (QED) is 0.753. The summed E-state index contributed by atoms with van der Waals surface area (Å²) in [6.07, 6.45) is 0.436. The van der Waals surface area contributed by atoms with Crippen LogP contribution in [0.4, 0.5) is 0 Å². The van der Waals surface area contributed by atoms with Crippen molar-refractivity contribution in [3.63, 3.8) is 0 Å². The number of hydrogen-bond donors (Lipinski definition) is 2. The Hall–Kier alpha value is -2.66. The highest BCUT2D eigenvalue weighted by Crippen LogP contribution is 2.15. The summed E-state index contributed by atoms with van der Waals surface area (Å²) in [5.74, 6) is -0.374. The molecular weight excluding hydrogens is 338 g/mol. The van der Waals surface area contributed by atoms with E-state index in [9.17, 15) is 9.59 Å². The van der Waals surface area contributed by atoms with E-state index in [2.05, 4.69) is 5.32 Å². The number of amides is 2. The third-order valence-corrected chi connectivity index (χ3v) is 4.52. The first kappa shape index (κ1) is 20.6. The second kappa shape index (κ2) is 9.33. The van der Waals surface area contributed by atoms with Gasteiger partial charge in [0.15, 0.2) is 0 Å². The van der Waals surface area contributed by atoms with Crippen molar-refractivity contribution >= 4 is 11.8 Å². The van der Waals surface area contributed by atoms with E-state index in [1.165, 1.54) is 0 Å². The zero-order valence-electron chi connectivity index (χ0n) is 16.3. The third-order valence-electron chi connectivity index (χ3n) is 4.52. The topological polar surface area (TPSA) is 75.4 Å². The molecule has 5 nitrogen and oxygen atoms in total. The monoisotopic (exact) mass is 367 g/mol. The minimum atomic E-state index is -0.640. The Kier molecular flexibility index (Phi) is 7.13. The number of nitrogens with zero attached hydrogens (tertiary/aromatic N) is 1. The fraction of sp³-hybridized carbons (Fsp3) is 0.364. The lowest BCUT2D eigenvalue weighted by Crippen LogP contribution is -2.51. The van der Waals surface area contributed by atoms with Crippen LogP contribution in [0.15, 0.2) is 60.7 Å². The van der Waals surface area contributed by atoms with E-state index >= 15 is 0 Å². The molecule has 144 valence electrons. The summed E-state index contributed by atoms with van der Waals surface area (Å²) < 4.78 is 0. The Balaban J connectivity index is 2.18. The van der Waals surface area contributed by atoms with Gasteiger partial charge in [0, 0.05) is 25.6 Å².